The van der Waals surface area contributed by atoms with Crippen molar-refractivity contribution in [3.8, 4) is 0 Å². The van der Waals surface area contributed by atoms with Crippen LogP contribution in [0.2, 0.25) is 5.02 Å². The molecule has 2 aromatic carbocycles. The fourth-order valence-corrected chi connectivity index (χ4v) is 4.29. The molecule has 2 heterocycles. The molecule has 0 radical (unpaired) electrons. The molecule has 148 valence electrons. The lowest BCUT2D eigenvalue weighted by Crippen LogP contribution is -2.43. The van der Waals surface area contributed by atoms with E-state index in [9.17, 15) is 4.79 Å². The summed E-state index contributed by atoms with van der Waals surface area (Å²) in [6.45, 7) is 4.78. The van der Waals surface area contributed by atoms with Gasteiger partial charge in [-0.1, -0.05) is 35.9 Å². The molecule has 1 fully saturated rings. The van der Waals surface area contributed by atoms with E-state index in [4.69, 9.17) is 16.3 Å². The molecule has 0 unspecified atom stereocenters. The molecule has 0 aliphatic carbocycles. The molecule has 28 heavy (non-hydrogen) atoms. The van der Waals surface area contributed by atoms with Crippen molar-refractivity contribution >= 4 is 23.2 Å². The van der Waals surface area contributed by atoms with Gasteiger partial charge in [0.25, 0.3) is 5.91 Å². The van der Waals surface area contributed by atoms with E-state index in [1.54, 1.807) is 12.1 Å². The van der Waals surface area contributed by atoms with Gasteiger partial charge in [0.1, 0.15) is 0 Å². The Morgan fingerprint density at radius 3 is 2.75 bits per heavy atom. The predicted octanol–water partition coefficient (Wildman–Crippen LogP) is 3.14. The monoisotopic (exact) mass is 399 g/mol. The van der Waals surface area contributed by atoms with E-state index in [0.29, 0.717) is 17.1 Å². The van der Waals surface area contributed by atoms with Gasteiger partial charge >= 0.3 is 0 Å². The highest BCUT2D eigenvalue weighted by atomic mass is 35.5. The Balaban J connectivity index is 1.54. The maximum Gasteiger partial charge on any atom is 0.252 e. The average Bonchev–Trinajstić information content (AvgIpc) is 3.09. The molecule has 1 atom stereocenters. The van der Waals surface area contributed by atoms with E-state index in [1.807, 2.05) is 12.1 Å². The minimum Gasteiger partial charge on any atom is -0.379 e. The largest absolute Gasteiger partial charge is 0.379 e. The average molecular weight is 400 g/mol. The summed E-state index contributed by atoms with van der Waals surface area (Å²) >= 11 is 6.19. The van der Waals surface area contributed by atoms with Crippen molar-refractivity contribution in [1.82, 2.24) is 10.2 Å². The second-order valence-corrected chi connectivity index (χ2v) is 7.82. The molecule has 0 aromatic heterocycles. The quantitative estimate of drug-likeness (QED) is 0.839. The predicted molar refractivity (Wildman–Crippen MR) is 112 cm³/mol. The van der Waals surface area contributed by atoms with Gasteiger partial charge in [0.2, 0.25) is 0 Å². The summed E-state index contributed by atoms with van der Waals surface area (Å²) in [6.07, 6.45) is 1.07. The molecule has 1 amide bonds. The van der Waals surface area contributed by atoms with Gasteiger partial charge in [0.05, 0.1) is 29.8 Å². The molecule has 2 aliphatic heterocycles. The van der Waals surface area contributed by atoms with Crippen LogP contribution in [0.15, 0.2) is 42.5 Å². The lowest BCUT2D eigenvalue weighted by atomic mass is 10.00. The number of hydrogen-bond acceptors (Lipinski definition) is 4. The molecule has 2 aliphatic rings. The number of fused-ring (bicyclic) bond motifs is 1. The molecule has 0 spiro atoms. The van der Waals surface area contributed by atoms with Crippen molar-refractivity contribution < 1.29 is 9.53 Å². The first-order chi connectivity index (χ1) is 13.6. The van der Waals surface area contributed by atoms with Gasteiger partial charge in [0.15, 0.2) is 0 Å². The number of rotatable bonds is 5. The topological polar surface area (TPSA) is 44.8 Å². The van der Waals surface area contributed by atoms with Crippen LogP contribution in [0.1, 0.15) is 27.5 Å². The summed E-state index contributed by atoms with van der Waals surface area (Å²) in [5.41, 5.74) is 4.45. The fraction of sp³-hybridized carbons (Fsp3) is 0.409. The normalized spacial score (nSPS) is 18.0. The van der Waals surface area contributed by atoms with Crippen molar-refractivity contribution in [2.45, 2.75) is 12.5 Å². The van der Waals surface area contributed by atoms with E-state index >= 15 is 0 Å². The summed E-state index contributed by atoms with van der Waals surface area (Å²) in [4.78, 5) is 17.4. The molecule has 1 saturated heterocycles. The molecule has 6 heteroatoms. The Bertz CT molecular complexity index is 851. The Morgan fingerprint density at radius 2 is 1.96 bits per heavy atom. The van der Waals surface area contributed by atoms with Crippen LogP contribution in [0, 0.1) is 0 Å². The molecule has 0 saturated carbocycles. The minimum absolute atomic E-state index is 0.117. The van der Waals surface area contributed by atoms with E-state index in [0.717, 1.165) is 39.3 Å². The Labute approximate surface area is 171 Å². The molecular formula is C22H26ClN3O2. The third-order valence-electron chi connectivity index (χ3n) is 5.68. The van der Waals surface area contributed by atoms with Gasteiger partial charge in [-0.25, -0.2) is 0 Å². The number of carbonyl (C=O) groups excluding carboxylic acids is 1. The number of ether oxygens (including phenoxy) is 1. The molecule has 0 bridgehead atoms. The number of hydrogen-bond donors (Lipinski definition) is 1. The number of amides is 1. The lowest BCUT2D eigenvalue weighted by Gasteiger charge is -2.35. The third-order valence-corrected chi connectivity index (χ3v) is 6.01. The van der Waals surface area contributed by atoms with Crippen LogP contribution in [0.25, 0.3) is 0 Å². The summed E-state index contributed by atoms with van der Waals surface area (Å²) in [5, 5.41) is 3.57. The summed E-state index contributed by atoms with van der Waals surface area (Å²) < 4.78 is 5.53. The number of benzene rings is 2. The second-order valence-electron chi connectivity index (χ2n) is 7.41. The van der Waals surface area contributed by atoms with E-state index < -0.39 is 0 Å². The maximum atomic E-state index is 12.7. The van der Waals surface area contributed by atoms with Gasteiger partial charge in [-0.2, -0.15) is 0 Å². The zero-order valence-electron chi connectivity index (χ0n) is 16.2. The van der Waals surface area contributed by atoms with Gasteiger partial charge in [-0.15, -0.1) is 0 Å². The highest BCUT2D eigenvalue weighted by molar-refractivity contribution is 6.33. The third kappa shape index (κ3) is 4.02. The zero-order chi connectivity index (χ0) is 19.5. The fourth-order valence-electron chi connectivity index (χ4n) is 4.07. The Kier molecular flexibility index (Phi) is 5.85. The smallest absolute Gasteiger partial charge is 0.252 e. The second kappa shape index (κ2) is 8.52. The number of likely N-dealkylation sites (N-methyl/N-ethyl adjacent to an activating group) is 1. The molecule has 4 rings (SSSR count). The summed E-state index contributed by atoms with van der Waals surface area (Å²) in [7, 11) is 2.13. The van der Waals surface area contributed by atoms with E-state index in [2.05, 4.69) is 40.4 Å². The van der Waals surface area contributed by atoms with Crippen LogP contribution in [-0.2, 0) is 11.2 Å². The Morgan fingerprint density at radius 1 is 1.18 bits per heavy atom. The van der Waals surface area contributed by atoms with Crippen molar-refractivity contribution in [1.29, 1.82) is 0 Å². The number of nitrogens with zero attached hydrogens (tertiary/aromatic N) is 2. The zero-order valence-corrected chi connectivity index (χ0v) is 16.9. The van der Waals surface area contributed by atoms with E-state index in [1.165, 1.54) is 16.8 Å². The summed E-state index contributed by atoms with van der Waals surface area (Å²) in [6, 6.07) is 14.0. The van der Waals surface area contributed by atoms with Crippen molar-refractivity contribution in [3.63, 3.8) is 0 Å². The van der Waals surface area contributed by atoms with Crippen molar-refractivity contribution in [2.75, 3.05) is 51.3 Å². The van der Waals surface area contributed by atoms with Crippen LogP contribution >= 0.6 is 11.6 Å². The van der Waals surface area contributed by atoms with Crippen LogP contribution in [0.4, 0.5) is 5.69 Å². The standard InChI is InChI=1S/C22H26ClN3O2/c1-25-9-8-17-14-16(6-7-20(17)25)21(26-10-12-28-13-11-26)15-24-22(27)18-4-2-3-5-19(18)23/h2-7,14,21H,8-13,15H2,1H3,(H,24,27)/t21-/m1/s1. The van der Waals surface area contributed by atoms with Crippen molar-refractivity contribution in [2.24, 2.45) is 0 Å². The maximum absolute atomic E-state index is 12.7. The van der Waals surface area contributed by atoms with Crippen LogP contribution in [-0.4, -0.2) is 57.2 Å². The van der Waals surface area contributed by atoms with Gasteiger partial charge in [-0.05, 0) is 35.7 Å². The highest BCUT2D eigenvalue weighted by Crippen LogP contribution is 2.31. The first-order valence-corrected chi connectivity index (χ1v) is 10.2. The number of halogens is 1. The number of anilines is 1. The van der Waals surface area contributed by atoms with Crippen LogP contribution in [0.3, 0.4) is 0 Å². The number of carbonyl (C=O) groups is 1. The number of nitrogens with one attached hydrogen (secondary N) is 1. The van der Waals surface area contributed by atoms with Crippen LogP contribution < -0.4 is 10.2 Å². The van der Waals surface area contributed by atoms with Crippen LogP contribution in [0.5, 0.6) is 0 Å². The van der Waals surface area contributed by atoms with Gasteiger partial charge in [0, 0.05) is 38.9 Å². The first kappa shape index (κ1) is 19.2. The van der Waals surface area contributed by atoms with Gasteiger partial charge in [-0.3, -0.25) is 9.69 Å². The molecular weight excluding hydrogens is 374 g/mol. The first-order valence-electron chi connectivity index (χ1n) is 9.82. The molecule has 2 aromatic rings. The highest BCUT2D eigenvalue weighted by Gasteiger charge is 2.25. The minimum atomic E-state index is -0.134. The van der Waals surface area contributed by atoms with Gasteiger partial charge < -0.3 is 15.0 Å². The van der Waals surface area contributed by atoms with E-state index in [-0.39, 0.29) is 11.9 Å². The SMILES string of the molecule is CN1CCc2cc([C@@H](CNC(=O)c3ccccc3Cl)N3CCOCC3)ccc21. The Hall–Kier alpha value is -2.08. The summed E-state index contributed by atoms with van der Waals surface area (Å²) in [5.74, 6) is -0.134. The molecule has 1 N–H and O–H groups in total. The van der Waals surface area contributed by atoms with Crippen molar-refractivity contribution in [3.05, 3.63) is 64.2 Å². The lowest BCUT2D eigenvalue weighted by molar-refractivity contribution is 0.0162. The molecule has 5 nitrogen and oxygen atoms in total. The number of morpholine rings is 1.